The molecule has 1 saturated carbocycles. The number of para-hydroxylation sites is 1. The van der Waals surface area contributed by atoms with Gasteiger partial charge >= 0.3 is 0 Å². The average molecular weight is 336 g/mol. The molecule has 1 aromatic heterocycles. The van der Waals surface area contributed by atoms with Gasteiger partial charge in [-0.15, -0.1) is 11.3 Å². The molecule has 2 aromatic carbocycles. The van der Waals surface area contributed by atoms with Crippen LogP contribution in [0.5, 0.6) is 0 Å². The number of hydrogen-bond acceptors (Lipinski definition) is 3. The van der Waals surface area contributed by atoms with Crippen molar-refractivity contribution in [1.29, 1.82) is 0 Å². The van der Waals surface area contributed by atoms with Crippen molar-refractivity contribution in [2.24, 2.45) is 0 Å². The summed E-state index contributed by atoms with van der Waals surface area (Å²) >= 11 is 1.66. The van der Waals surface area contributed by atoms with Crippen molar-refractivity contribution in [3.63, 3.8) is 0 Å². The van der Waals surface area contributed by atoms with Gasteiger partial charge in [-0.2, -0.15) is 0 Å². The van der Waals surface area contributed by atoms with Gasteiger partial charge in [-0.05, 0) is 37.1 Å². The maximum atomic E-state index is 12.5. The molecule has 1 fully saturated rings. The summed E-state index contributed by atoms with van der Waals surface area (Å²) in [5.74, 6) is 0.0323. The Morgan fingerprint density at radius 2 is 1.88 bits per heavy atom. The number of fused-ring (bicyclic) bond motifs is 1. The van der Waals surface area contributed by atoms with Gasteiger partial charge in [0.05, 0.1) is 10.2 Å². The number of benzene rings is 2. The van der Waals surface area contributed by atoms with E-state index in [4.69, 9.17) is 0 Å². The molecule has 0 unspecified atom stereocenters. The van der Waals surface area contributed by atoms with Crippen molar-refractivity contribution in [3.8, 4) is 10.6 Å². The van der Waals surface area contributed by atoms with Crippen LogP contribution >= 0.6 is 11.3 Å². The number of carbonyl (C=O) groups excluding carboxylic acids is 1. The number of thiazole rings is 1. The Labute approximate surface area is 145 Å². The Bertz CT molecular complexity index is 832. The summed E-state index contributed by atoms with van der Waals surface area (Å²) in [5, 5.41) is 4.15. The molecule has 0 aliphatic heterocycles. The predicted molar refractivity (Wildman–Crippen MR) is 99.4 cm³/mol. The zero-order valence-corrected chi connectivity index (χ0v) is 14.3. The summed E-state index contributed by atoms with van der Waals surface area (Å²) in [5.41, 5.74) is 2.74. The third kappa shape index (κ3) is 3.20. The summed E-state index contributed by atoms with van der Waals surface area (Å²) in [6, 6.07) is 16.3. The Balaban J connectivity index is 1.57. The highest BCUT2D eigenvalue weighted by molar-refractivity contribution is 7.21. The summed E-state index contributed by atoms with van der Waals surface area (Å²) in [7, 11) is 0. The molecule has 0 atom stereocenters. The van der Waals surface area contributed by atoms with Crippen LogP contribution < -0.4 is 5.32 Å². The van der Waals surface area contributed by atoms with Gasteiger partial charge < -0.3 is 5.32 Å². The third-order valence-electron chi connectivity index (χ3n) is 4.61. The second-order valence-electron chi connectivity index (χ2n) is 6.38. The zero-order chi connectivity index (χ0) is 16.4. The number of hydrogen-bond donors (Lipinski definition) is 1. The standard InChI is InChI=1S/C20H20N2OS/c23-19(21-16-9-2-1-3-10-16)14-7-6-8-15(13-14)20-22-17-11-4-5-12-18(17)24-20/h4-8,11-13,16H,1-3,9-10H2,(H,21,23). The van der Waals surface area contributed by atoms with Crippen LogP contribution in [-0.4, -0.2) is 16.9 Å². The molecule has 1 aliphatic rings. The summed E-state index contributed by atoms with van der Waals surface area (Å²) in [6.07, 6.45) is 5.93. The van der Waals surface area contributed by atoms with Crippen molar-refractivity contribution in [2.45, 2.75) is 38.1 Å². The van der Waals surface area contributed by atoms with E-state index in [-0.39, 0.29) is 5.91 Å². The summed E-state index contributed by atoms with van der Waals surface area (Å²) in [6.45, 7) is 0. The van der Waals surface area contributed by atoms with Crippen LogP contribution in [0.2, 0.25) is 0 Å². The lowest BCUT2D eigenvalue weighted by atomic mass is 9.95. The highest BCUT2D eigenvalue weighted by Crippen LogP contribution is 2.30. The molecule has 1 heterocycles. The van der Waals surface area contributed by atoms with E-state index in [0.717, 1.165) is 34.5 Å². The van der Waals surface area contributed by atoms with Gasteiger partial charge in [0.15, 0.2) is 0 Å². The van der Waals surface area contributed by atoms with Crippen LogP contribution in [0.3, 0.4) is 0 Å². The van der Waals surface area contributed by atoms with Crippen molar-refractivity contribution in [2.75, 3.05) is 0 Å². The van der Waals surface area contributed by atoms with Gasteiger partial charge in [-0.25, -0.2) is 4.98 Å². The second kappa shape index (κ2) is 6.73. The fourth-order valence-corrected chi connectivity index (χ4v) is 4.27. The smallest absolute Gasteiger partial charge is 0.251 e. The Kier molecular flexibility index (Phi) is 4.30. The first-order valence-electron chi connectivity index (χ1n) is 8.56. The zero-order valence-electron chi connectivity index (χ0n) is 13.5. The highest BCUT2D eigenvalue weighted by atomic mass is 32.1. The second-order valence-corrected chi connectivity index (χ2v) is 7.41. The molecule has 122 valence electrons. The van der Waals surface area contributed by atoms with Crippen LogP contribution in [0, 0.1) is 0 Å². The fraction of sp³-hybridized carbons (Fsp3) is 0.300. The molecule has 0 spiro atoms. The fourth-order valence-electron chi connectivity index (χ4n) is 3.30. The monoisotopic (exact) mass is 336 g/mol. The van der Waals surface area contributed by atoms with Crippen LogP contribution in [0.25, 0.3) is 20.8 Å². The number of aromatic nitrogens is 1. The van der Waals surface area contributed by atoms with Crippen LogP contribution in [0.15, 0.2) is 48.5 Å². The first-order chi connectivity index (χ1) is 11.8. The Morgan fingerprint density at radius 3 is 2.71 bits per heavy atom. The molecule has 4 heteroatoms. The maximum absolute atomic E-state index is 12.5. The molecule has 1 aliphatic carbocycles. The van der Waals surface area contributed by atoms with E-state index >= 15 is 0 Å². The summed E-state index contributed by atoms with van der Waals surface area (Å²) < 4.78 is 1.17. The largest absolute Gasteiger partial charge is 0.349 e. The van der Waals surface area contributed by atoms with Gasteiger partial charge in [0.1, 0.15) is 5.01 Å². The maximum Gasteiger partial charge on any atom is 0.251 e. The number of rotatable bonds is 3. The van der Waals surface area contributed by atoms with Gasteiger partial charge in [0.25, 0.3) is 5.91 Å². The van der Waals surface area contributed by atoms with E-state index in [1.165, 1.54) is 24.0 Å². The molecule has 0 saturated heterocycles. The number of nitrogens with zero attached hydrogens (tertiary/aromatic N) is 1. The first kappa shape index (κ1) is 15.3. The van der Waals surface area contributed by atoms with Crippen LogP contribution in [-0.2, 0) is 0 Å². The predicted octanol–water partition coefficient (Wildman–Crippen LogP) is 5.03. The van der Waals surface area contributed by atoms with Gasteiger partial charge in [-0.3, -0.25) is 4.79 Å². The minimum Gasteiger partial charge on any atom is -0.349 e. The van der Waals surface area contributed by atoms with E-state index in [1.807, 2.05) is 42.5 Å². The topological polar surface area (TPSA) is 42.0 Å². The van der Waals surface area contributed by atoms with Gasteiger partial charge in [0.2, 0.25) is 0 Å². The minimum absolute atomic E-state index is 0.0323. The number of nitrogens with one attached hydrogen (secondary N) is 1. The molecule has 24 heavy (non-hydrogen) atoms. The lowest BCUT2D eigenvalue weighted by molar-refractivity contribution is 0.0928. The van der Waals surface area contributed by atoms with E-state index in [1.54, 1.807) is 11.3 Å². The van der Waals surface area contributed by atoms with Crippen molar-refractivity contribution >= 4 is 27.5 Å². The summed E-state index contributed by atoms with van der Waals surface area (Å²) in [4.78, 5) is 17.2. The molecule has 3 aromatic rings. The highest BCUT2D eigenvalue weighted by Gasteiger charge is 2.17. The molecular formula is C20H20N2OS. The van der Waals surface area contributed by atoms with E-state index in [0.29, 0.717) is 6.04 Å². The first-order valence-corrected chi connectivity index (χ1v) is 9.38. The molecule has 3 nitrogen and oxygen atoms in total. The van der Waals surface area contributed by atoms with Crippen molar-refractivity contribution < 1.29 is 4.79 Å². The molecular weight excluding hydrogens is 316 g/mol. The van der Waals surface area contributed by atoms with E-state index < -0.39 is 0 Å². The minimum atomic E-state index is 0.0323. The van der Waals surface area contributed by atoms with E-state index in [2.05, 4.69) is 16.4 Å². The molecule has 0 radical (unpaired) electrons. The Morgan fingerprint density at radius 1 is 1.04 bits per heavy atom. The van der Waals surface area contributed by atoms with Gasteiger partial charge in [-0.1, -0.05) is 43.5 Å². The van der Waals surface area contributed by atoms with E-state index in [9.17, 15) is 4.79 Å². The molecule has 0 bridgehead atoms. The lowest BCUT2D eigenvalue weighted by Crippen LogP contribution is -2.36. The molecule has 1 amide bonds. The Hall–Kier alpha value is -2.20. The quantitative estimate of drug-likeness (QED) is 0.729. The number of amides is 1. The normalized spacial score (nSPS) is 15.5. The SMILES string of the molecule is O=C(NC1CCCCC1)c1cccc(-c2nc3ccccc3s2)c1. The van der Waals surface area contributed by atoms with Crippen LogP contribution in [0.4, 0.5) is 0 Å². The molecule has 4 rings (SSSR count). The van der Waals surface area contributed by atoms with Crippen molar-refractivity contribution in [1.82, 2.24) is 10.3 Å². The third-order valence-corrected chi connectivity index (χ3v) is 5.69. The van der Waals surface area contributed by atoms with Crippen LogP contribution in [0.1, 0.15) is 42.5 Å². The average Bonchev–Trinajstić information content (AvgIpc) is 3.07. The number of carbonyl (C=O) groups is 1. The van der Waals surface area contributed by atoms with Crippen molar-refractivity contribution in [3.05, 3.63) is 54.1 Å². The van der Waals surface area contributed by atoms with Gasteiger partial charge in [0, 0.05) is 17.2 Å². The lowest BCUT2D eigenvalue weighted by Gasteiger charge is -2.22. The molecule has 1 N–H and O–H groups in total.